The molecule has 1 atom stereocenters. The zero-order chi connectivity index (χ0) is 12.3. The van der Waals surface area contributed by atoms with Gasteiger partial charge in [-0.25, -0.2) is 0 Å². The van der Waals surface area contributed by atoms with Crippen molar-refractivity contribution in [2.24, 2.45) is 5.73 Å². The van der Waals surface area contributed by atoms with Crippen LogP contribution in [0.1, 0.15) is 16.8 Å². The molecule has 2 N–H and O–H groups in total. The standard InChI is InChI=1S/C14H12N2O/c1-2-5-12(15)14(17)11-6-3-8-13-10(11)7-4-9-16-13/h1,3-4,6-9,12H,5,15H2. The number of rotatable bonds is 3. The van der Waals surface area contributed by atoms with Crippen molar-refractivity contribution in [2.45, 2.75) is 12.5 Å². The summed E-state index contributed by atoms with van der Waals surface area (Å²) in [6.45, 7) is 0. The number of carbonyl (C=O) groups is 1. The third-order valence-corrected chi connectivity index (χ3v) is 2.59. The average Bonchev–Trinajstić information content (AvgIpc) is 2.37. The van der Waals surface area contributed by atoms with Gasteiger partial charge in [-0.1, -0.05) is 18.2 Å². The predicted molar refractivity (Wildman–Crippen MR) is 67.5 cm³/mol. The summed E-state index contributed by atoms with van der Waals surface area (Å²) in [6, 6.07) is 8.42. The van der Waals surface area contributed by atoms with E-state index >= 15 is 0 Å². The molecule has 0 bridgehead atoms. The van der Waals surface area contributed by atoms with Crippen LogP contribution in [0.5, 0.6) is 0 Å². The number of aromatic nitrogens is 1. The Balaban J connectivity index is 2.49. The van der Waals surface area contributed by atoms with Crippen molar-refractivity contribution >= 4 is 16.7 Å². The van der Waals surface area contributed by atoms with Gasteiger partial charge in [-0.15, -0.1) is 12.3 Å². The third kappa shape index (κ3) is 2.17. The van der Waals surface area contributed by atoms with E-state index in [1.807, 2.05) is 12.1 Å². The Morgan fingerprint density at radius 1 is 1.41 bits per heavy atom. The van der Waals surface area contributed by atoms with Crippen LogP contribution < -0.4 is 5.73 Å². The van der Waals surface area contributed by atoms with Crippen LogP contribution in [0.4, 0.5) is 0 Å². The van der Waals surface area contributed by atoms with Gasteiger partial charge in [0.2, 0.25) is 0 Å². The number of nitrogens with zero attached hydrogens (tertiary/aromatic N) is 1. The van der Waals surface area contributed by atoms with Crippen LogP contribution in [0.15, 0.2) is 36.5 Å². The lowest BCUT2D eigenvalue weighted by Crippen LogP contribution is -2.30. The molecule has 84 valence electrons. The van der Waals surface area contributed by atoms with Gasteiger partial charge in [0, 0.05) is 23.6 Å². The first-order valence-electron chi connectivity index (χ1n) is 5.31. The Hall–Kier alpha value is -2.18. The molecule has 0 aliphatic carbocycles. The molecule has 0 fully saturated rings. The number of Topliss-reactive ketones (excluding diaryl/α,β-unsaturated/α-hetero) is 1. The highest BCUT2D eigenvalue weighted by atomic mass is 16.1. The monoisotopic (exact) mass is 224 g/mol. The Labute approximate surface area is 99.7 Å². The molecule has 0 amide bonds. The molecule has 0 saturated heterocycles. The number of carbonyl (C=O) groups excluding carboxylic acids is 1. The van der Waals surface area contributed by atoms with Crippen molar-refractivity contribution < 1.29 is 4.79 Å². The minimum absolute atomic E-state index is 0.137. The molecule has 0 aliphatic rings. The number of fused-ring (bicyclic) bond motifs is 1. The number of terminal acetylenes is 1. The first-order valence-corrected chi connectivity index (χ1v) is 5.31. The largest absolute Gasteiger partial charge is 0.320 e. The summed E-state index contributed by atoms with van der Waals surface area (Å²) in [4.78, 5) is 16.3. The van der Waals surface area contributed by atoms with Gasteiger partial charge in [-0.05, 0) is 12.1 Å². The van der Waals surface area contributed by atoms with Crippen LogP contribution in [0.2, 0.25) is 0 Å². The van der Waals surface area contributed by atoms with Crippen molar-refractivity contribution in [3.63, 3.8) is 0 Å². The summed E-state index contributed by atoms with van der Waals surface area (Å²) < 4.78 is 0. The Morgan fingerprint density at radius 3 is 3.00 bits per heavy atom. The highest BCUT2D eigenvalue weighted by Crippen LogP contribution is 2.18. The predicted octanol–water partition coefficient (Wildman–Crippen LogP) is 1.77. The van der Waals surface area contributed by atoms with Crippen LogP contribution >= 0.6 is 0 Å². The van der Waals surface area contributed by atoms with Gasteiger partial charge in [0.15, 0.2) is 5.78 Å². The molecule has 17 heavy (non-hydrogen) atoms. The molecule has 3 heteroatoms. The molecule has 0 radical (unpaired) electrons. The van der Waals surface area contributed by atoms with Gasteiger partial charge in [-0.3, -0.25) is 9.78 Å². The minimum Gasteiger partial charge on any atom is -0.320 e. The Bertz CT molecular complexity index is 593. The van der Waals surface area contributed by atoms with E-state index < -0.39 is 6.04 Å². The number of pyridine rings is 1. The fourth-order valence-electron chi connectivity index (χ4n) is 1.74. The van der Waals surface area contributed by atoms with Crippen molar-refractivity contribution in [1.82, 2.24) is 4.98 Å². The number of hydrogen-bond donors (Lipinski definition) is 1. The lowest BCUT2D eigenvalue weighted by atomic mass is 9.98. The second-order valence-corrected chi connectivity index (χ2v) is 3.75. The lowest BCUT2D eigenvalue weighted by molar-refractivity contribution is 0.0964. The maximum atomic E-state index is 12.1. The topological polar surface area (TPSA) is 56.0 Å². The number of nitrogens with two attached hydrogens (primary N) is 1. The fourth-order valence-corrected chi connectivity index (χ4v) is 1.74. The summed E-state index contributed by atoms with van der Waals surface area (Å²) in [5, 5.41) is 0.812. The first-order chi connectivity index (χ1) is 8.24. The fraction of sp³-hybridized carbons (Fsp3) is 0.143. The lowest BCUT2D eigenvalue weighted by Gasteiger charge is -2.09. The van der Waals surface area contributed by atoms with Gasteiger partial charge in [0.1, 0.15) is 0 Å². The van der Waals surface area contributed by atoms with E-state index in [0.717, 1.165) is 10.9 Å². The second-order valence-electron chi connectivity index (χ2n) is 3.75. The SMILES string of the molecule is C#CCC(N)C(=O)c1cccc2ncccc12. The average molecular weight is 224 g/mol. The Kier molecular flexibility index (Phi) is 3.17. The van der Waals surface area contributed by atoms with Crippen LogP contribution in [0.3, 0.4) is 0 Å². The molecule has 2 aromatic rings. The van der Waals surface area contributed by atoms with E-state index in [1.165, 1.54) is 0 Å². The summed E-state index contributed by atoms with van der Waals surface area (Å²) in [5.74, 6) is 2.27. The summed E-state index contributed by atoms with van der Waals surface area (Å²) >= 11 is 0. The highest BCUT2D eigenvalue weighted by molar-refractivity contribution is 6.09. The summed E-state index contributed by atoms with van der Waals surface area (Å²) in [5.41, 5.74) is 7.10. The van der Waals surface area contributed by atoms with E-state index in [1.54, 1.807) is 24.4 Å². The molecule has 1 heterocycles. The molecule has 3 nitrogen and oxygen atoms in total. The smallest absolute Gasteiger partial charge is 0.181 e. The van der Waals surface area contributed by atoms with Crippen molar-refractivity contribution in [3.05, 3.63) is 42.1 Å². The van der Waals surface area contributed by atoms with Gasteiger partial charge in [0.25, 0.3) is 0 Å². The van der Waals surface area contributed by atoms with Crippen molar-refractivity contribution in [3.8, 4) is 12.3 Å². The van der Waals surface area contributed by atoms with Gasteiger partial charge in [0.05, 0.1) is 11.6 Å². The normalized spacial score (nSPS) is 12.0. The highest BCUT2D eigenvalue weighted by Gasteiger charge is 2.16. The first kappa shape index (κ1) is 11.3. The van der Waals surface area contributed by atoms with Gasteiger partial charge in [-0.2, -0.15) is 0 Å². The minimum atomic E-state index is -0.647. The molecule has 1 unspecified atom stereocenters. The quantitative estimate of drug-likeness (QED) is 0.638. The van der Waals surface area contributed by atoms with Crippen LogP contribution in [0.25, 0.3) is 10.9 Å². The van der Waals surface area contributed by atoms with E-state index in [-0.39, 0.29) is 12.2 Å². The molecule has 1 aromatic heterocycles. The molecule has 0 aliphatic heterocycles. The molecule has 0 saturated carbocycles. The van der Waals surface area contributed by atoms with Gasteiger partial charge >= 0.3 is 0 Å². The molecular formula is C14H12N2O. The molecule has 2 rings (SSSR count). The van der Waals surface area contributed by atoms with Crippen LogP contribution in [0, 0.1) is 12.3 Å². The zero-order valence-electron chi connectivity index (χ0n) is 9.26. The van der Waals surface area contributed by atoms with E-state index in [9.17, 15) is 4.79 Å². The van der Waals surface area contributed by atoms with Gasteiger partial charge < -0.3 is 5.73 Å². The van der Waals surface area contributed by atoms with Crippen molar-refractivity contribution in [2.75, 3.05) is 0 Å². The summed E-state index contributed by atoms with van der Waals surface area (Å²) in [6.07, 6.45) is 7.10. The number of benzene rings is 1. The number of ketones is 1. The van der Waals surface area contributed by atoms with Crippen LogP contribution in [-0.2, 0) is 0 Å². The molecule has 1 aromatic carbocycles. The van der Waals surface area contributed by atoms with Crippen LogP contribution in [-0.4, -0.2) is 16.8 Å². The van der Waals surface area contributed by atoms with Crippen molar-refractivity contribution in [1.29, 1.82) is 0 Å². The second kappa shape index (κ2) is 4.77. The molecule has 0 spiro atoms. The summed E-state index contributed by atoms with van der Waals surface area (Å²) in [7, 11) is 0. The maximum absolute atomic E-state index is 12.1. The Morgan fingerprint density at radius 2 is 2.24 bits per heavy atom. The van der Waals surface area contributed by atoms with E-state index in [4.69, 9.17) is 12.2 Å². The van der Waals surface area contributed by atoms with E-state index in [0.29, 0.717) is 5.56 Å². The van der Waals surface area contributed by atoms with E-state index in [2.05, 4.69) is 10.9 Å². The maximum Gasteiger partial charge on any atom is 0.181 e. The number of hydrogen-bond acceptors (Lipinski definition) is 3. The zero-order valence-corrected chi connectivity index (χ0v) is 9.26. The molecular weight excluding hydrogens is 212 g/mol. The third-order valence-electron chi connectivity index (χ3n) is 2.59.